The van der Waals surface area contributed by atoms with Gasteiger partial charge in [-0.1, -0.05) is 49.4 Å². The average Bonchev–Trinajstić information content (AvgIpc) is 3.66. The zero-order chi connectivity index (χ0) is 36.3. The van der Waals surface area contributed by atoms with E-state index in [1.807, 2.05) is 75.4 Å². The molecule has 0 radical (unpaired) electrons. The summed E-state index contributed by atoms with van der Waals surface area (Å²) < 4.78 is 18.3. The van der Waals surface area contributed by atoms with Gasteiger partial charge in [-0.05, 0) is 56.0 Å². The number of anilines is 1. The average molecular weight is 701 g/mol. The third kappa shape index (κ3) is 6.50. The molecule has 4 heterocycles. The zero-order valence-corrected chi connectivity index (χ0v) is 30.1. The summed E-state index contributed by atoms with van der Waals surface area (Å²) in [7, 11) is 0. The predicted molar refractivity (Wildman–Crippen MR) is 194 cm³/mol. The molecule has 2 aromatic carbocycles. The van der Waals surface area contributed by atoms with Gasteiger partial charge in [0.2, 0.25) is 17.7 Å². The Kier molecular flexibility index (Phi) is 11.0. The van der Waals surface area contributed by atoms with E-state index in [1.54, 1.807) is 26.9 Å². The van der Waals surface area contributed by atoms with E-state index in [-0.39, 0.29) is 36.7 Å². The molecule has 6 rings (SSSR count). The van der Waals surface area contributed by atoms with Gasteiger partial charge in [-0.2, -0.15) is 0 Å². The summed E-state index contributed by atoms with van der Waals surface area (Å²) >= 11 is 0. The van der Waals surface area contributed by atoms with E-state index in [0.29, 0.717) is 56.3 Å². The lowest BCUT2D eigenvalue weighted by Gasteiger charge is -2.40. The molecule has 0 aromatic heterocycles. The number of ether oxygens (including phenoxy) is 3. The number of nitrogens with zero attached hydrogens (tertiary/aromatic N) is 4. The van der Waals surface area contributed by atoms with Crippen molar-refractivity contribution in [3.63, 3.8) is 0 Å². The fourth-order valence-electron chi connectivity index (χ4n) is 8.91. The van der Waals surface area contributed by atoms with E-state index in [1.165, 1.54) is 0 Å². The highest BCUT2D eigenvalue weighted by Gasteiger charge is 2.80. The van der Waals surface area contributed by atoms with Gasteiger partial charge in [-0.15, -0.1) is 13.2 Å². The first-order valence-electron chi connectivity index (χ1n) is 18.2. The third-order valence-corrected chi connectivity index (χ3v) is 11.4. The Morgan fingerprint density at radius 2 is 1.75 bits per heavy atom. The number of carbonyl (C=O) groups excluding carboxylic acids is 3. The Morgan fingerprint density at radius 3 is 2.37 bits per heavy atom. The number of morpholine rings is 1. The first-order chi connectivity index (χ1) is 24.6. The van der Waals surface area contributed by atoms with Crippen molar-refractivity contribution in [3.8, 4) is 5.75 Å². The van der Waals surface area contributed by atoms with Gasteiger partial charge in [-0.3, -0.25) is 19.3 Å². The smallest absolute Gasteiger partial charge is 0.248 e. The van der Waals surface area contributed by atoms with E-state index in [0.717, 1.165) is 13.1 Å². The summed E-state index contributed by atoms with van der Waals surface area (Å²) in [6, 6.07) is 14.7. The van der Waals surface area contributed by atoms with Crippen molar-refractivity contribution in [1.82, 2.24) is 14.7 Å². The minimum absolute atomic E-state index is 0.151. The molecule has 1 N–H and O–H groups in total. The lowest BCUT2D eigenvalue weighted by Crippen LogP contribution is -2.58. The summed E-state index contributed by atoms with van der Waals surface area (Å²) in [5.41, 5.74) is -0.970. The van der Waals surface area contributed by atoms with E-state index in [4.69, 9.17) is 14.2 Å². The standard InChI is InChI=1S/C40H52N4O7/c1-6-18-42(21-20-41-22-24-49-25-23-41)38(48)35-40-26-28(4)39(5,51-40)33(34(40)37(47)44(35)32(27-45)29-12-10-9-11-13-29)36(46)43(19-7-2)30-14-16-31(17-15-30)50-8-3/h6-7,9-17,28,32-35,45H,1-2,8,18-27H2,3-5H3/t28?,32-,33+,34+,35?,39-,40?/m1/s1. The Hall–Kier alpha value is -4.03. The van der Waals surface area contributed by atoms with Crippen molar-refractivity contribution in [2.75, 3.05) is 70.6 Å². The Labute approximate surface area is 301 Å². The summed E-state index contributed by atoms with van der Waals surface area (Å²) in [6.45, 7) is 18.2. The minimum atomic E-state index is -1.29. The molecule has 2 bridgehead atoms. The number of hydrogen-bond donors (Lipinski definition) is 1. The normalized spacial score (nSPS) is 29.0. The maximum Gasteiger partial charge on any atom is 0.248 e. The van der Waals surface area contributed by atoms with Crippen LogP contribution in [0.15, 0.2) is 79.9 Å². The number of hydrogen-bond acceptors (Lipinski definition) is 8. The number of aliphatic hydroxyl groups excluding tert-OH is 1. The molecular formula is C40H52N4O7. The molecule has 4 saturated heterocycles. The monoisotopic (exact) mass is 700 g/mol. The van der Waals surface area contributed by atoms with Crippen LogP contribution in [-0.2, 0) is 23.9 Å². The molecule has 11 nitrogen and oxygen atoms in total. The molecule has 4 aliphatic heterocycles. The van der Waals surface area contributed by atoms with E-state index < -0.39 is 41.7 Å². The van der Waals surface area contributed by atoms with Crippen molar-refractivity contribution < 1.29 is 33.7 Å². The van der Waals surface area contributed by atoms with Crippen LogP contribution in [0.4, 0.5) is 5.69 Å². The van der Waals surface area contributed by atoms with Crippen LogP contribution in [-0.4, -0.2) is 120 Å². The van der Waals surface area contributed by atoms with Crippen LogP contribution >= 0.6 is 0 Å². The number of aliphatic hydroxyl groups is 1. The Balaban J connectivity index is 1.43. The molecule has 1 spiro atoms. The van der Waals surface area contributed by atoms with Gasteiger partial charge in [0, 0.05) is 45.0 Å². The molecule has 2 aromatic rings. The minimum Gasteiger partial charge on any atom is -0.494 e. The molecule has 274 valence electrons. The first-order valence-corrected chi connectivity index (χ1v) is 18.2. The lowest BCUT2D eigenvalue weighted by atomic mass is 9.62. The van der Waals surface area contributed by atoms with Gasteiger partial charge in [0.1, 0.15) is 17.4 Å². The largest absolute Gasteiger partial charge is 0.494 e. The third-order valence-electron chi connectivity index (χ3n) is 11.4. The highest BCUT2D eigenvalue weighted by molar-refractivity contribution is 6.03. The van der Waals surface area contributed by atoms with Crippen molar-refractivity contribution >= 4 is 23.4 Å². The van der Waals surface area contributed by atoms with Gasteiger partial charge < -0.3 is 34.0 Å². The van der Waals surface area contributed by atoms with Crippen LogP contribution in [0.25, 0.3) is 0 Å². The highest BCUT2D eigenvalue weighted by atomic mass is 16.5. The number of amides is 3. The number of fused-ring (bicyclic) bond motifs is 1. The van der Waals surface area contributed by atoms with Crippen LogP contribution in [0.2, 0.25) is 0 Å². The molecular weight excluding hydrogens is 648 g/mol. The van der Waals surface area contributed by atoms with E-state index in [2.05, 4.69) is 18.1 Å². The summed E-state index contributed by atoms with van der Waals surface area (Å²) in [4.78, 5) is 52.5. The molecule has 4 aliphatic rings. The fourth-order valence-corrected chi connectivity index (χ4v) is 8.91. The number of likely N-dealkylation sites (tertiary alicyclic amines) is 1. The Morgan fingerprint density at radius 1 is 1.06 bits per heavy atom. The molecule has 51 heavy (non-hydrogen) atoms. The molecule has 7 atom stereocenters. The van der Waals surface area contributed by atoms with Crippen LogP contribution in [0, 0.1) is 17.8 Å². The molecule has 4 fully saturated rings. The summed E-state index contributed by atoms with van der Waals surface area (Å²) in [6.07, 6.45) is 3.78. The van der Waals surface area contributed by atoms with Crippen LogP contribution in [0.3, 0.4) is 0 Å². The molecule has 11 heteroatoms. The topological polar surface area (TPSA) is 112 Å². The zero-order valence-electron chi connectivity index (χ0n) is 30.1. The highest BCUT2D eigenvalue weighted by Crippen LogP contribution is 2.66. The Bertz CT molecular complexity index is 1580. The fraction of sp³-hybridized carbons (Fsp3) is 0.525. The SMILES string of the molecule is C=CCN(CCN1CCOCC1)C(=O)C1N([C@H](CO)c2ccccc2)C(=O)[C@@H]2[C@@H](C(=O)N(CC=C)c3ccc(OCC)cc3)[C@]3(C)OC12CC3C. The van der Waals surface area contributed by atoms with E-state index in [9.17, 15) is 5.11 Å². The van der Waals surface area contributed by atoms with Crippen LogP contribution in [0.5, 0.6) is 5.75 Å². The van der Waals surface area contributed by atoms with Gasteiger partial charge in [0.15, 0.2) is 0 Å². The van der Waals surface area contributed by atoms with Crippen molar-refractivity contribution in [1.29, 1.82) is 0 Å². The maximum absolute atomic E-state index is 15.2. The number of rotatable bonds is 15. The first kappa shape index (κ1) is 36.8. The quantitative estimate of drug-likeness (QED) is 0.280. The second kappa shape index (κ2) is 15.3. The van der Waals surface area contributed by atoms with Crippen LogP contribution in [0.1, 0.15) is 38.8 Å². The second-order valence-electron chi connectivity index (χ2n) is 14.2. The number of benzene rings is 2. The van der Waals surface area contributed by atoms with Crippen molar-refractivity contribution in [2.24, 2.45) is 17.8 Å². The molecule has 0 saturated carbocycles. The molecule has 3 amide bonds. The number of carbonyl (C=O) groups is 3. The lowest BCUT2D eigenvalue weighted by molar-refractivity contribution is -0.155. The van der Waals surface area contributed by atoms with Gasteiger partial charge in [0.25, 0.3) is 0 Å². The second-order valence-corrected chi connectivity index (χ2v) is 14.2. The molecule has 3 unspecified atom stereocenters. The van der Waals surface area contributed by atoms with E-state index >= 15 is 14.4 Å². The van der Waals surface area contributed by atoms with Gasteiger partial charge in [-0.25, -0.2) is 0 Å². The van der Waals surface area contributed by atoms with Crippen LogP contribution < -0.4 is 9.64 Å². The van der Waals surface area contributed by atoms with Crippen molar-refractivity contribution in [3.05, 3.63) is 85.5 Å². The maximum atomic E-state index is 15.2. The summed E-state index contributed by atoms with van der Waals surface area (Å²) in [5.74, 6) is -2.20. The van der Waals surface area contributed by atoms with Gasteiger partial charge >= 0.3 is 0 Å². The molecule has 0 aliphatic carbocycles. The predicted octanol–water partition coefficient (Wildman–Crippen LogP) is 3.70. The summed E-state index contributed by atoms with van der Waals surface area (Å²) in [5, 5.41) is 11.0. The van der Waals surface area contributed by atoms with Gasteiger partial charge in [0.05, 0.1) is 49.9 Å². The van der Waals surface area contributed by atoms with Crippen molar-refractivity contribution in [2.45, 2.75) is 50.5 Å².